The van der Waals surface area contributed by atoms with Gasteiger partial charge in [-0.3, -0.25) is 14.5 Å². The number of para-hydroxylation sites is 1. The van der Waals surface area contributed by atoms with Crippen molar-refractivity contribution >= 4 is 29.3 Å². The molecule has 1 aliphatic heterocycles. The number of nitriles is 1. The molecule has 1 saturated heterocycles. The largest absolute Gasteiger partial charge is 0.497 e. The van der Waals surface area contributed by atoms with Gasteiger partial charge in [-0.2, -0.15) is 5.26 Å². The Bertz CT molecular complexity index is 1010. The van der Waals surface area contributed by atoms with Crippen LogP contribution in [0.15, 0.2) is 59.1 Å². The smallest absolute Gasteiger partial charge is 0.264 e. The van der Waals surface area contributed by atoms with Gasteiger partial charge in [-0.1, -0.05) is 42.1 Å². The van der Waals surface area contributed by atoms with Gasteiger partial charge in [0.15, 0.2) is 0 Å². The third kappa shape index (κ3) is 4.13. The molecule has 6 nitrogen and oxygen atoms in total. The molecular formula is C22H21N3O3S. The molecule has 29 heavy (non-hydrogen) atoms. The van der Waals surface area contributed by atoms with Crippen molar-refractivity contribution in [1.29, 1.82) is 5.26 Å². The number of anilines is 1. The minimum atomic E-state index is -0.508. The van der Waals surface area contributed by atoms with Crippen molar-refractivity contribution in [3.05, 3.63) is 70.3 Å². The summed E-state index contributed by atoms with van der Waals surface area (Å²) in [5, 5.41) is 12.0. The average Bonchev–Trinajstić information content (AvgIpc) is 3.05. The second-order valence-electron chi connectivity index (χ2n) is 6.49. The van der Waals surface area contributed by atoms with E-state index in [-0.39, 0.29) is 11.5 Å². The third-order valence-corrected chi connectivity index (χ3v) is 5.93. The van der Waals surface area contributed by atoms with Crippen LogP contribution in [0.5, 0.6) is 5.75 Å². The quantitative estimate of drug-likeness (QED) is 0.608. The first-order valence-electron chi connectivity index (χ1n) is 9.05. The standard InChI is InChI=1S/C22H21N3O3S/c1-14-6-4-5-7-18(14)25-21(27)19(12-15-8-10-16(28-3)11-9-15)29-22(25)17(13-23)20(26)24-2/h4-11,19H,12H2,1-3H3,(H,24,26)/b22-17-/t19-/m0/s1. The fraction of sp³-hybridized carbons (Fsp3) is 0.227. The minimum absolute atomic E-state index is 0.0636. The van der Waals surface area contributed by atoms with Crippen molar-refractivity contribution < 1.29 is 14.3 Å². The number of nitrogens with one attached hydrogen (secondary N) is 1. The zero-order chi connectivity index (χ0) is 21.0. The molecule has 0 bridgehead atoms. The average molecular weight is 407 g/mol. The van der Waals surface area contributed by atoms with Crippen LogP contribution in [0.3, 0.4) is 0 Å². The van der Waals surface area contributed by atoms with Crippen LogP contribution in [0.2, 0.25) is 0 Å². The summed E-state index contributed by atoms with van der Waals surface area (Å²) in [5.74, 6) is 0.0888. The summed E-state index contributed by atoms with van der Waals surface area (Å²) in [5.41, 5.74) is 2.47. The molecule has 0 aromatic heterocycles. The molecule has 1 heterocycles. The lowest BCUT2D eigenvalue weighted by atomic mass is 10.1. The highest BCUT2D eigenvalue weighted by Crippen LogP contribution is 2.42. The van der Waals surface area contributed by atoms with Crippen LogP contribution in [0, 0.1) is 18.3 Å². The van der Waals surface area contributed by atoms with E-state index in [1.165, 1.54) is 23.7 Å². The third-order valence-electron chi connectivity index (χ3n) is 4.67. The van der Waals surface area contributed by atoms with Crippen molar-refractivity contribution in [1.82, 2.24) is 5.32 Å². The van der Waals surface area contributed by atoms with E-state index in [4.69, 9.17) is 4.74 Å². The van der Waals surface area contributed by atoms with Crippen LogP contribution in [0.25, 0.3) is 0 Å². The summed E-state index contributed by atoms with van der Waals surface area (Å²) in [6.07, 6.45) is 0.478. The fourth-order valence-corrected chi connectivity index (χ4v) is 4.42. The number of thioether (sulfide) groups is 1. The van der Waals surface area contributed by atoms with Crippen molar-refractivity contribution in [3.63, 3.8) is 0 Å². The van der Waals surface area contributed by atoms with Crippen LogP contribution < -0.4 is 15.0 Å². The topological polar surface area (TPSA) is 82.4 Å². The number of ether oxygens (including phenoxy) is 1. The summed E-state index contributed by atoms with van der Waals surface area (Å²) in [7, 11) is 3.07. The van der Waals surface area contributed by atoms with Crippen LogP contribution in [-0.2, 0) is 16.0 Å². The van der Waals surface area contributed by atoms with E-state index in [0.717, 1.165) is 16.9 Å². The number of methoxy groups -OCH3 is 1. The SMILES string of the molecule is CNC(=O)/C(C#N)=C1\S[C@@H](Cc2ccc(OC)cc2)C(=O)N1c1ccccc1C. The predicted octanol–water partition coefficient (Wildman–Crippen LogP) is 3.18. The van der Waals surface area contributed by atoms with E-state index >= 15 is 0 Å². The Hall–Kier alpha value is -3.24. The second-order valence-corrected chi connectivity index (χ2v) is 7.68. The monoisotopic (exact) mass is 407 g/mol. The highest BCUT2D eigenvalue weighted by atomic mass is 32.2. The first-order chi connectivity index (χ1) is 14.0. The van der Waals surface area contributed by atoms with E-state index in [1.54, 1.807) is 7.11 Å². The summed E-state index contributed by atoms with van der Waals surface area (Å²) in [4.78, 5) is 27.1. The molecule has 0 unspecified atom stereocenters. The van der Waals surface area contributed by atoms with Gasteiger partial charge in [0.2, 0.25) is 5.91 Å². The molecule has 2 amide bonds. The Kier molecular flexibility index (Phi) is 6.25. The maximum atomic E-state index is 13.3. The number of amides is 2. The first-order valence-corrected chi connectivity index (χ1v) is 9.93. The lowest BCUT2D eigenvalue weighted by Gasteiger charge is -2.20. The Morgan fingerprint density at radius 1 is 1.24 bits per heavy atom. The molecule has 2 aromatic rings. The van der Waals surface area contributed by atoms with Gasteiger partial charge >= 0.3 is 0 Å². The number of carbonyl (C=O) groups is 2. The lowest BCUT2D eigenvalue weighted by molar-refractivity contribution is -0.117. The highest BCUT2D eigenvalue weighted by Gasteiger charge is 2.41. The first kappa shape index (κ1) is 20.5. The number of nitrogens with zero attached hydrogens (tertiary/aromatic N) is 2. The van der Waals surface area contributed by atoms with Crippen molar-refractivity contribution in [3.8, 4) is 11.8 Å². The van der Waals surface area contributed by atoms with E-state index in [2.05, 4.69) is 5.32 Å². The molecule has 1 N–H and O–H groups in total. The van der Waals surface area contributed by atoms with Crippen LogP contribution in [0.4, 0.5) is 5.69 Å². The van der Waals surface area contributed by atoms with Gasteiger partial charge in [0.1, 0.15) is 22.4 Å². The van der Waals surface area contributed by atoms with E-state index in [0.29, 0.717) is 17.1 Å². The van der Waals surface area contributed by atoms with Crippen molar-refractivity contribution in [2.45, 2.75) is 18.6 Å². The van der Waals surface area contributed by atoms with Gasteiger partial charge in [0, 0.05) is 7.05 Å². The summed E-state index contributed by atoms with van der Waals surface area (Å²) < 4.78 is 5.18. The Labute approximate surface area is 174 Å². The van der Waals surface area contributed by atoms with Gasteiger partial charge in [0.25, 0.3) is 5.91 Å². The summed E-state index contributed by atoms with van der Waals surface area (Å²) in [6.45, 7) is 1.90. The molecule has 0 radical (unpaired) electrons. The van der Waals surface area contributed by atoms with Crippen LogP contribution in [0.1, 0.15) is 11.1 Å². The lowest BCUT2D eigenvalue weighted by Crippen LogP contribution is -2.31. The zero-order valence-electron chi connectivity index (χ0n) is 16.4. The summed E-state index contributed by atoms with van der Waals surface area (Å²) >= 11 is 1.25. The Balaban J connectivity index is 2.03. The predicted molar refractivity (Wildman–Crippen MR) is 113 cm³/mol. The van der Waals surface area contributed by atoms with Crippen LogP contribution >= 0.6 is 11.8 Å². The molecule has 1 fully saturated rings. The number of carbonyl (C=O) groups excluding carboxylic acids is 2. The van der Waals surface area contributed by atoms with E-state index in [9.17, 15) is 14.9 Å². The van der Waals surface area contributed by atoms with Crippen LogP contribution in [-0.4, -0.2) is 31.2 Å². The Morgan fingerprint density at radius 3 is 2.52 bits per heavy atom. The van der Waals surface area contributed by atoms with Gasteiger partial charge in [0.05, 0.1) is 18.0 Å². The molecule has 3 rings (SSSR count). The molecule has 0 aliphatic carbocycles. The molecule has 148 valence electrons. The van der Waals surface area contributed by atoms with Gasteiger partial charge in [-0.05, 0) is 42.7 Å². The fourth-order valence-electron chi connectivity index (χ4n) is 3.12. The van der Waals surface area contributed by atoms with Crippen molar-refractivity contribution in [2.75, 3.05) is 19.1 Å². The number of aryl methyl sites for hydroxylation is 1. The maximum absolute atomic E-state index is 13.3. The molecule has 2 aromatic carbocycles. The van der Waals surface area contributed by atoms with E-state index < -0.39 is 11.2 Å². The second kappa shape index (κ2) is 8.84. The summed E-state index contributed by atoms with van der Waals surface area (Å²) in [6, 6.07) is 16.9. The number of rotatable bonds is 5. The molecule has 1 aliphatic rings. The molecule has 0 spiro atoms. The highest BCUT2D eigenvalue weighted by molar-refractivity contribution is 8.05. The van der Waals surface area contributed by atoms with Gasteiger partial charge in [-0.15, -0.1) is 0 Å². The van der Waals surface area contributed by atoms with Crippen molar-refractivity contribution in [2.24, 2.45) is 0 Å². The normalized spacial score (nSPS) is 17.7. The molecule has 1 atom stereocenters. The van der Waals surface area contributed by atoms with E-state index in [1.807, 2.05) is 61.5 Å². The zero-order valence-corrected chi connectivity index (χ0v) is 17.2. The molecular weight excluding hydrogens is 386 g/mol. The number of hydrogen-bond donors (Lipinski definition) is 1. The Morgan fingerprint density at radius 2 is 1.93 bits per heavy atom. The number of hydrogen-bond acceptors (Lipinski definition) is 5. The maximum Gasteiger partial charge on any atom is 0.264 e. The molecule has 7 heteroatoms. The number of benzene rings is 2. The number of likely N-dealkylation sites (N-methyl/N-ethyl adjacent to an activating group) is 1. The van der Waals surface area contributed by atoms with Gasteiger partial charge in [-0.25, -0.2) is 0 Å². The molecule has 0 saturated carbocycles. The minimum Gasteiger partial charge on any atom is -0.497 e. The van der Waals surface area contributed by atoms with Gasteiger partial charge < -0.3 is 10.1 Å².